The normalized spacial score (nSPS) is 16.2. The number of nitrogens with two attached hydrogens (primary N) is 1. The van der Waals surface area contributed by atoms with Crippen molar-refractivity contribution in [1.82, 2.24) is 0 Å². The Morgan fingerprint density at radius 2 is 2.06 bits per heavy atom. The first kappa shape index (κ1) is 15.6. The molecule has 5 nitrogen and oxygen atoms in total. The minimum atomic E-state index is -3.42. The molecule has 0 aliphatic rings. The molecule has 1 rings (SSSR count). The number of hydrogen-bond donors (Lipinski definition) is 2. The van der Waals surface area contributed by atoms with E-state index in [9.17, 15) is 4.57 Å². The van der Waals surface area contributed by atoms with Gasteiger partial charge in [-0.3, -0.25) is 9.09 Å². The van der Waals surface area contributed by atoms with Gasteiger partial charge in [-0.2, -0.15) is 0 Å². The van der Waals surface area contributed by atoms with Gasteiger partial charge in [-0.25, -0.2) is 0 Å². The average molecular weight is 294 g/mol. The Morgan fingerprint density at radius 1 is 1.39 bits per heavy atom. The number of aliphatic hydroxyl groups excluding tert-OH is 1. The SMILES string of the molecule is NCP(=O)(OCc1ccccc1)OC(Cl)CCO. The highest BCUT2D eigenvalue weighted by Gasteiger charge is 2.26. The monoisotopic (exact) mass is 293 g/mol. The summed E-state index contributed by atoms with van der Waals surface area (Å²) >= 11 is 5.74. The highest BCUT2D eigenvalue weighted by atomic mass is 35.5. The maximum Gasteiger partial charge on any atom is 0.345 e. The molecule has 0 aliphatic carbocycles. The number of rotatable bonds is 8. The van der Waals surface area contributed by atoms with E-state index in [4.69, 9.17) is 31.5 Å². The van der Waals surface area contributed by atoms with Crippen molar-refractivity contribution in [3.8, 4) is 0 Å². The zero-order valence-corrected chi connectivity index (χ0v) is 11.5. The number of aliphatic hydroxyl groups is 1. The van der Waals surface area contributed by atoms with Crippen LogP contribution in [0.15, 0.2) is 30.3 Å². The molecule has 0 saturated heterocycles. The smallest absolute Gasteiger partial charge is 0.345 e. The zero-order chi connectivity index (χ0) is 13.4. The number of hydrogen-bond acceptors (Lipinski definition) is 5. The topological polar surface area (TPSA) is 81.8 Å². The molecule has 0 bridgehead atoms. The summed E-state index contributed by atoms with van der Waals surface area (Å²) < 4.78 is 22.4. The molecular weight excluding hydrogens is 277 g/mol. The molecule has 0 aromatic heterocycles. The predicted octanol–water partition coefficient (Wildman–Crippen LogP) is 2.28. The van der Waals surface area contributed by atoms with Crippen LogP contribution < -0.4 is 5.73 Å². The van der Waals surface area contributed by atoms with Gasteiger partial charge in [0.05, 0.1) is 12.9 Å². The Morgan fingerprint density at radius 3 is 2.61 bits per heavy atom. The van der Waals surface area contributed by atoms with Crippen LogP contribution in [0.5, 0.6) is 0 Å². The first-order valence-corrected chi connectivity index (χ1v) is 7.67. The summed E-state index contributed by atoms with van der Waals surface area (Å²) in [6.07, 6.45) is -0.0886. The number of halogens is 1. The summed E-state index contributed by atoms with van der Waals surface area (Å²) in [5, 5.41) is 8.69. The second-order valence-corrected chi connectivity index (χ2v) is 6.12. The Bertz CT molecular complexity index is 390. The fourth-order valence-corrected chi connectivity index (χ4v) is 2.72. The summed E-state index contributed by atoms with van der Waals surface area (Å²) in [5.41, 5.74) is 5.37. The maximum absolute atomic E-state index is 12.1. The summed E-state index contributed by atoms with van der Waals surface area (Å²) in [6, 6.07) is 9.25. The van der Waals surface area contributed by atoms with Crippen LogP contribution in [-0.2, 0) is 20.2 Å². The van der Waals surface area contributed by atoms with Gasteiger partial charge in [0.1, 0.15) is 5.56 Å². The fraction of sp³-hybridized carbons (Fsp3) is 0.455. The zero-order valence-electron chi connectivity index (χ0n) is 9.87. The van der Waals surface area contributed by atoms with E-state index in [1.807, 2.05) is 30.3 Å². The second kappa shape index (κ2) is 7.89. The van der Waals surface area contributed by atoms with Gasteiger partial charge >= 0.3 is 7.60 Å². The van der Waals surface area contributed by atoms with E-state index in [-0.39, 0.29) is 25.9 Å². The lowest BCUT2D eigenvalue weighted by Gasteiger charge is -2.19. The van der Waals surface area contributed by atoms with E-state index in [0.29, 0.717) is 0 Å². The Hall–Kier alpha value is -0.420. The molecule has 3 N–H and O–H groups in total. The van der Waals surface area contributed by atoms with Crippen molar-refractivity contribution in [3.63, 3.8) is 0 Å². The Labute approximate surface area is 111 Å². The van der Waals surface area contributed by atoms with Crippen LogP contribution in [0.3, 0.4) is 0 Å². The molecule has 7 heteroatoms. The van der Waals surface area contributed by atoms with Crippen molar-refractivity contribution in [3.05, 3.63) is 35.9 Å². The Kier molecular flexibility index (Phi) is 6.86. The maximum atomic E-state index is 12.1. The van der Waals surface area contributed by atoms with E-state index >= 15 is 0 Å². The predicted molar refractivity (Wildman–Crippen MR) is 70.3 cm³/mol. The molecule has 2 unspecified atom stereocenters. The van der Waals surface area contributed by atoms with E-state index in [1.54, 1.807) is 0 Å². The highest BCUT2D eigenvalue weighted by molar-refractivity contribution is 7.53. The molecule has 0 heterocycles. The van der Waals surface area contributed by atoms with Crippen molar-refractivity contribution in [2.24, 2.45) is 5.73 Å². The van der Waals surface area contributed by atoms with E-state index < -0.39 is 13.2 Å². The minimum Gasteiger partial charge on any atom is -0.396 e. The lowest BCUT2D eigenvalue weighted by molar-refractivity contribution is 0.160. The quantitative estimate of drug-likeness (QED) is 0.567. The first-order chi connectivity index (χ1) is 8.59. The van der Waals surface area contributed by atoms with Gasteiger partial charge in [0.2, 0.25) is 0 Å². The van der Waals surface area contributed by atoms with E-state index in [0.717, 1.165) is 5.56 Å². The van der Waals surface area contributed by atoms with Crippen molar-refractivity contribution in [2.45, 2.75) is 18.6 Å². The third-order valence-electron chi connectivity index (χ3n) is 2.13. The largest absolute Gasteiger partial charge is 0.396 e. The molecule has 18 heavy (non-hydrogen) atoms. The first-order valence-electron chi connectivity index (χ1n) is 5.50. The van der Waals surface area contributed by atoms with Crippen LogP contribution in [0.1, 0.15) is 12.0 Å². The lowest BCUT2D eigenvalue weighted by atomic mass is 10.2. The Balaban J connectivity index is 2.52. The van der Waals surface area contributed by atoms with Gasteiger partial charge in [0.25, 0.3) is 0 Å². The molecular formula is C11H17ClNO4P. The van der Waals surface area contributed by atoms with Crippen LogP contribution in [0, 0.1) is 0 Å². The van der Waals surface area contributed by atoms with Crippen LogP contribution in [-0.4, -0.2) is 23.6 Å². The summed E-state index contributed by atoms with van der Waals surface area (Å²) in [7, 11) is -3.42. The standard InChI is InChI=1S/C11H17ClNO4P/c12-11(6-7-14)17-18(15,9-13)16-8-10-4-2-1-3-5-10/h1-5,11,14H,6-9,13H2. The molecule has 2 atom stereocenters. The molecule has 0 fully saturated rings. The fourth-order valence-electron chi connectivity index (χ4n) is 1.20. The van der Waals surface area contributed by atoms with Crippen LogP contribution in [0.25, 0.3) is 0 Å². The average Bonchev–Trinajstić information content (AvgIpc) is 2.38. The van der Waals surface area contributed by atoms with Gasteiger partial charge in [0.15, 0.2) is 0 Å². The molecule has 0 saturated carbocycles. The van der Waals surface area contributed by atoms with Gasteiger partial charge in [-0.15, -0.1) is 0 Å². The summed E-state index contributed by atoms with van der Waals surface area (Å²) in [6.45, 7) is -0.0184. The number of alkyl halides is 1. The van der Waals surface area contributed by atoms with E-state index in [2.05, 4.69) is 0 Å². The molecule has 0 radical (unpaired) electrons. The third-order valence-corrected chi connectivity index (χ3v) is 4.10. The molecule has 0 aliphatic heterocycles. The van der Waals surface area contributed by atoms with Crippen LogP contribution in [0.4, 0.5) is 0 Å². The minimum absolute atomic E-state index is 0.137. The van der Waals surface area contributed by atoms with Crippen LogP contribution >= 0.6 is 19.2 Å². The second-order valence-electron chi connectivity index (χ2n) is 3.58. The number of benzene rings is 1. The summed E-state index contributed by atoms with van der Waals surface area (Å²) in [5.74, 6) is 0. The van der Waals surface area contributed by atoms with Gasteiger partial charge in [-0.05, 0) is 5.56 Å². The highest BCUT2D eigenvalue weighted by Crippen LogP contribution is 2.49. The van der Waals surface area contributed by atoms with E-state index in [1.165, 1.54) is 0 Å². The molecule has 1 aromatic carbocycles. The third kappa shape index (κ3) is 5.48. The molecule has 0 spiro atoms. The molecule has 102 valence electrons. The summed E-state index contributed by atoms with van der Waals surface area (Å²) in [4.78, 5) is 0. The van der Waals surface area contributed by atoms with Crippen molar-refractivity contribution in [2.75, 3.05) is 12.9 Å². The van der Waals surface area contributed by atoms with Crippen molar-refractivity contribution < 1.29 is 18.7 Å². The van der Waals surface area contributed by atoms with Gasteiger partial charge < -0.3 is 15.4 Å². The van der Waals surface area contributed by atoms with Crippen molar-refractivity contribution in [1.29, 1.82) is 0 Å². The molecule has 0 amide bonds. The van der Waals surface area contributed by atoms with Gasteiger partial charge in [-0.1, -0.05) is 41.9 Å². The van der Waals surface area contributed by atoms with Gasteiger partial charge in [0, 0.05) is 13.0 Å². The van der Waals surface area contributed by atoms with Crippen molar-refractivity contribution >= 4 is 19.2 Å². The lowest BCUT2D eigenvalue weighted by Crippen LogP contribution is -2.13. The molecule has 1 aromatic rings. The van der Waals surface area contributed by atoms with Crippen LogP contribution in [0.2, 0.25) is 0 Å².